The summed E-state index contributed by atoms with van der Waals surface area (Å²) >= 11 is 0. The normalized spacial score (nSPS) is 21.9. The van der Waals surface area contributed by atoms with Crippen LogP contribution >= 0.6 is 0 Å². The molecule has 0 spiro atoms. The predicted octanol–water partition coefficient (Wildman–Crippen LogP) is 3.60. The minimum Gasteiger partial charge on any atom is -0.303 e. The zero-order valence-corrected chi connectivity index (χ0v) is 11.4. The fourth-order valence-electron chi connectivity index (χ4n) is 2.67. The first kappa shape index (κ1) is 12.6. The lowest BCUT2D eigenvalue weighted by atomic mass is 9.80. The van der Waals surface area contributed by atoms with Crippen molar-refractivity contribution in [3.8, 4) is 0 Å². The fraction of sp³-hybridized carbons (Fsp3) is 0.625. The lowest BCUT2D eigenvalue weighted by molar-refractivity contribution is 0.230. The van der Waals surface area contributed by atoms with Crippen LogP contribution in [0, 0.1) is 11.3 Å². The Bertz CT molecular complexity index is 336. The highest BCUT2D eigenvalue weighted by molar-refractivity contribution is 5.14. The van der Waals surface area contributed by atoms with Gasteiger partial charge in [-0.15, -0.1) is 0 Å². The van der Waals surface area contributed by atoms with Gasteiger partial charge in [0.2, 0.25) is 0 Å². The molecule has 1 saturated heterocycles. The van der Waals surface area contributed by atoms with Crippen molar-refractivity contribution < 1.29 is 0 Å². The Balaban J connectivity index is 1.79. The Morgan fingerprint density at radius 2 is 1.88 bits per heavy atom. The number of hydrogen-bond acceptors (Lipinski definition) is 1. The van der Waals surface area contributed by atoms with Gasteiger partial charge in [0.15, 0.2) is 0 Å². The maximum Gasteiger partial charge on any atom is 0.00219 e. The summed E-state index contributed by atoms with van der Waals surface area (Å²) in [7, 11) is 0. The fourth-order valence-corrected chi connectivity index (χ4v) is 2.67. The highest BCUT2D eigenvalue weighted by Gasteiger charge is 2.31. The van der Waals surface area contributed by atoms with Gasteiger partial charge >= 0.3 is 0 Å². The molecule has 0 N–H and O–H groups in total. The van der Waals surface area contributed by atoms with Crippen molar-refractivity contribution in [2.75, 3.05) is 19.6 Å². The molecule has 1 aliphatic heterocycles. The van der Waals surface area contributed by atoms with Crippen molar-refractivity contribution in [2.24, 2.45) is 11.3 Å². The summed E-state index contributed by atoms with van der Waals surface area (Å²) in [6.07, 6.45) is 2.57. The summed E-state index contributed by atoms with van der Waals surface area (Å²) in [6.45, 7) is 10.9. The third kappa shape index (κ3) is 3.57. The second-order valence-electron chi connectivity index (χ2n) is 6.39. The van der Waals surface area contributed by atoms with E-state index in [2.05, 4.69) is 56.0 Å². The van der Waals surface area contributed by atoms with Gasteiger partial charge in [0.05, 0.1) is 0 Å². The Kier molecular flexibility index (Phi) is 3.88. The first-order chi connectivity index (χ1) is 8.05. The molecule has 1 aromatic carbocycles. The van der Waals surface area contributed by atoms with Crippen molar-refractivity contribution in [1.82, 2.24) is 4.90 Å². The molecule has 1 unspecified atom stereocenters. The van der Waals surface area contributed by atoms with Gasteiger partial charge in [-0.05, 0) is 36.3 Å². The van der Waals surface area contributed by atoms with Crippen LogP contribution in [0.3, 0.4) is 0 Å². The van der Waals surface area contributed by atoms with E-state index in [9.17, 15) is 0 Å². The van der Waals surface area contributed by atoms with Crippen LogP contribution in [0.15, 0.2) is 30.3 Å². The molecule has 1 heteroatoms. The van der Waals surface area contributed by atoms with Crippen molar-refractivity contribution in [3.63, 3.8) is 0 Å². The number of rotatable bonds is 3. The molecule has 0 radical (unpaired) electrons. The standard InChI is InChI=1S/C16H25N/c1-16(2,3)15-10-12-17(13-15)11-9-14-7-5-4-6-8-14/h4-8,15H,9-13H2,1-3H3. The molecule has 1 nitrogen and oxygen atoms in total. The molecule has 1 atom stereocenters. The van der Waals surface area contributed by atoms with Gasteiger partial charge < -0.3 is 4.90 Å². The van der Waals surface area contributed by atoms with E-state index in [-0.39, 0.29) is 0 Å². The molecular formula is C16H25N. The van der Waals surface area contributed by atoms with Crippen LogP contribution in [-0.4, -0.2) is 24.5 Å². The third-order valence-corrected chi connectivity index (χ3v) is 4.06. The minimum atomic E-state index is 0.474. The van der Waals surface area contributed by atoms with E-state index in [0.717, 1.165) is 5.92 Å². The largest absolute Gasteiger partial charge is 0.303 e. The quantitative estimate of drug-likeness (QED) is 0.768. The third-order valence-electron chi connectivity index (χ3n) is 4.06. The molecule has 0 amide bonds. The molecule has 17 heavy (non-hydrogen) atoms. The van der Waals surface area contributed by atoms with Gasteiger partial charge in [-0.25, -0.2) is 0 Å². The average Bonchev–Trinajstić information content (AvgIpc) is 2.76. The monoisotopic (exact) mass is 231 g/mol. The first-order valence-corrected chi connectivity index (χ1v) is 6.82. The Morgan fingerprint density at radius 3 is 2.47 bits per heavy atom. The van der Waals surface area contributed by atoms with Crippen molar-refractivity contribution in [2.45, 2.75) is 33.6 Å². The summed E-state index contributed by atoms with van der Waals surface area (Å²) in [5.41, 5.74) is 1.94. The maximum absolute atomic E-state index is 2.63. The number of nitrogens with zero attached hydrogens (tertiary/aromatic N) is 1. The van der Waals surface area contributed by atoms with E-state index in [4.69, 9.17) is 0 Å². The highest BCUT2D eigenvalue weighted by atomic mass is 15.1. The van der Waals surface area contributed by atoms with Gasteiger partial charge in [-0.3, -0.25) is 0 Å². The Hall–Kier alpha value is -0.820. The van der Waals surface area contributed by atoms with Crippen molar-refractivity contribution in [1.29, 1.82) is 0 Å². The van der Waals surface area contributed by atoms with Gasteiger partial charge in [0.25, 0.3) is 0 Å². The van der Waals surface area contributed by atoms with Crippen LogP contribution in [-0.2, 0) is 6.42 Å². The molecule has 0 aromatic heterocycles. The van der Waals surface area contributed by atoms with Crippen LogP contribution in [0.5, 0.6) is 0 Å². The number of hydrogen-bond donors (Lipinski definition) is 0. The number of benzene rings is 1. The van der Waals surface area contributed by atoms with E-state index < -0.39 is 0 Å². The van der Waals surface area contributed by atoms with Gasteiger partial charge in [0.1, 0.15) is 0 Å². The number of likely N-dealkylation sites (tertiary alicyclic amines) is 1. The molecule has 1 heterocycles. The average molecular weight is 231 g/mol. The van der Waals surface area contributed by atoms with Crippen LogP contribution < -0.4 is 0 Å². The van der Waals surface area contributed by atoms with E-state index >= 15 is 0 Å². The lowest BCUT2D eigenvalue weighted by Crippen LogP contribution is -2.27. The molecule has 0 aliphatic carbocycles. The topological polar surface area (TPSA) is 3.24 Å². The van der Waals surface area contributed by atoms with E-state index in [1.165, 1.54) is 38.0 Å². The van der Waals surface area contributed by atoms with Gasteiger partial charge in [-0.1, -0.05) is 51.1 Å². The summed E-state index contributed by atoms with van der Waals surface area (Å²) < 4.78 is 0. The SMILES string of the molecule is CC(C)(C)C1CCN(CCc2ccccc2)C1. The molecular weight excluding hydrogens is 206 g/mol. The summed E-state index contributed by atoms with van der Waals surface area (Å²) in [5.74, 6) is 0.873. The Labute approximate surface area is 106 Å². The van der Waals surface area contributed by atoms with E-state index in [1.54, 1.807) is 0 Å². The molecule has 2 rings (SSSR count). The zero-order chi connectivity index (χ0) is 12.3. The molecule has 1 aromatic rings. The second kappa shape index (κ2) is 5.22. The molecule has 0 saturated carbocycles. The zero-order valence-electron chi connectivity index (χ0n) is 11.4. The highest BCUT2D eigenvalue weighted by Crippen LogP contribution is 2.33. The van der Waals surface area contributed by atoms with Crippen molar-refractivity contribution >= 4 is 0 Å². The van der Waals surface area contributed by atoms with Gasteiger partial charge in [-0.2, -0.15) is 0 Å². The second-order valence-corrected chi connectivity index (χ2v) is 6.39. The van der Waals surface area contributed by atoms with E-state index in [1.807, 2.05) is 0 Å². The maximum atomic E-state index is 2.63. The minimum absolute atomic E-state index is 0.474. The molecule has 1 aliphatic rings. The predicted molar refractivity (Wildman–Crippen MR) is 74.1 cm³/mol. The summed E-state index contributed by atoms with van der Waals surface area (Å²) in [4.78, 5) is 2.63. The first-order valence-electron chi connectivity index (χ1n) is 6.82. The lowest BCUT2D eigenvalue weighted by Gasteiger charge is -2.27. The van der Waals surface area contributed by atoms with Crippen molar-refractivity contribution in [3.05, 3.63) is 35.9 Å². The summed E-state index contributed by atoms with van der Waals surface area (Å²) in [5, 5.41) is 0. The van der Waals surface area contributed by atoms with Gasteiger partial charge in [0, 0.05) is 13.1 Å². The Morgan fingerprint density at radius 1 is 1.18 bits per heavy atom. The van der Waals surface area contributed by atoms with E-state index in [0.29, 0.717) is 5.41 Å². The molecule has 0 bridgehead atoms. The summed E-state index contributed by atoms with van der Waals surface area (Å²) in [6, 6.07) is 10.8. The van der Waals surface area contributed by atoms with Crippen LogP contribution in [0.2, 0.25) is 0 Å². The molecule has 94 valence electrons. The van der Waals surface area contributed by atoms with Crippen LogP contribution in [0.25, 0.3) is 0 Å². The van der Waals surface area contributed by atoms with Crippen LogP contribution in [0.1, 0.15) is 32.8 Å². The van der Waals surface area contributed by atoms with Crippen LogP contribution in [0.4, 0.5) is 0 Å². The smallest absolute Gasteiger partial charge is 0.00219 e. The molecule has 1 fully saturated rings.